The highest BCUT2D eigenvalue weighted by molar-refractivity contribution is 5.96. The normalized spacial score (nSPS) is 21.2. The minimum absolute atomic E-state index is 0.00435. The second-order valence-electron chi connectivity index (χ2n) is 6.24. The van der Waals surface area contributed by atoms with Gasteiger partial charge in [0, 0.05) is 13.6 Å². The molecule has 2 fully saturated rings. The van der Waals surface area contributed by atoms with Crippen LogP contribution in [0.25, 0.3) is 11.0 Å². The number of aromatic nitrogens is 2. The van der Waals surface area contributed by atoms with E-state index in [1.807, 2.05) is 40.8 Å². The third kappa shape index (κ3) is 1.76. The van der Waals surface area contributed by atoms with Crippen LogP contribution in [0.4, 0.5) is 10.7 Å². The number of benzene rings is 1. The van der Waals surface area contributed by atoms with E-state index in [1.54, 1.807) is 0 Å². The number of aryl methyl sites for hydroxylation is 1. The largest absolute Gasteiger partial charge is 0.335 e. The second-order valence-corrected chi connectivity index (χ2v) is 6.24. The van der Waals surface area contributed by atoms with Crippen molar-refractivity contribution in [2.45, 2.75) is 37.6 Å². The van der Waals surface area contributed by atoms with Crippen molar-refractivity contribution in [3.63, 3.8) is 0 Å². The maximum absolute atomic E-state index is 12.4. The van der Waals surface area contributed by atoms with E-state index in [1.165, 1.54) is 19.3 Å². The molecule has 1 spiro atoms. The summed E-state index contributed by atoms with van der Waals surface area (Å²) in [5.41, 5.74) is 1.93. The van der Waals surface area contributed by atoms with Crippen LogP contribution in [0.15, 0.2) is 24.3 Å². The summed E-state index contributed by atoms with van der Waals surface area (Å²) in [7, 11) is 1.99. The van der Waals surface area contributed by atoms with Crippen molar-refractivity contribution >= 4 is 23.0 Å². The predicted octanol–water partition coefficient (Wildman–Crippen LogP) is 2.81. The summed E-state index contributed by atoms with van der Waals surface area (Å²) in [5, 5.41) is 3.03. The fourth-order valence-corrected chi connectivity index (χ4v) is 3.86. The molecule has 5 nitrogen and oxygen atoms in total. The number of imidazole rings is 1. The third-order valence-corrected chi connectivity index (χ3v) is 4.99. The Labute approximate surface area is 123 Å². The lowest BCUT2D eigenvalue weighted by Crippen LogP contribution is -2.49. The predicted molar refractivity (Wildman–Crippen MR) is 82.4 cm³/mol. The summed E-state index contributed by atoms with van der Waals surface area (Å²) in [6.45, 7) is 0.745. The van der Waals surface area contributed by atoms with Crippen molar-refractivity contribution in [2.24, 2.45) is 7.05 Å². The van der Waals surface area contributed by atoms with Crippen molar-refractivity contribution in [2.75, 3.05) is 11.4 Å². The minimum atomic E-state index is -0.0789. The number of carbonyl (C=O) groups excluding carboxylic acids is 1. The number of rotatable bonds is 1. The summed E-state index contributed by atoms with van der Waals surface area (Å²) in [6, 6.07) is 8.04. The molecule has 0 unspecified atom stereocenters. The summed E-state index contributed by atoms with van der Waals surface area (Å²) in [4.78, 5) is 19.1. The molecule has 1 aliphatic heterocycles. The maximum atomic E-state index is 12.4. The van der Waals surface area contributed by atoms with E-state index in [9.17, 15) is 4.79 Å². The molecule has 1 saturated carbocycles. The van der Waals surface area contributed by atoms with Crippen molar-refractivity contribution in [1.29, 1.82) is 0 Å². The quantitative estimate of drug-likeness (QED) is 0.875. The van der Waals surface area contributed by atoms with Gasteiger partial charge in [0.1, 0.15) is 0 Å². The van der Waals surface area contributed by atoms with Crippen LogP contribution in [0.5, 0.6) is 0 Å². The molecule has 2 heterocycles. The topological polar surface area (TPSA) is 50.2 Å². The van der Waals surface area contributed by atoms with Gasteiger partial charge in [0.2, 0.25) is 5.95 Å². The molecule has 2 amide bonds. The highest BCUT2D eigenvalue weighted by Gasteiger charge is 2.48. The Hall–Kier alpha value is -2.04. The van der Waals surface area contributed by atoms with E-state index >= 15 is 0 Å². The smallest absolute Gasteiger partial charge is 0.324 e. The molecule has 1 saturated heterocycles. The zero-order valence-corrected chi connectivity index (χ0v) is 12.3. The Balaban J connectivity index is 1.85. The highest BCUT2D eigenvalue weighted by atomic mass is 16.2. The zero-order valence-electron chi connectivity index (χ0n) is 12.3. The van der Waals surface area contributed by atoms with Gasteiger partial charge in [-0.25, -0.2) is 9.78 Å². The maximum Gasteiger partial charge on any atom is 0.324 e. The van der Waals surface area contributed by atoms with Crippen LogP contribution >= 0.6 is 0 Å². The standard InChI is InChI=1S/C16H20N4O/c1-19-13-8-4-3-7-12(13)18-14(19)20-15(21)17-11-16(20)9-5-2-6-10-16/h3-4,7-8H,2,5-6,9-11H2,1H3,(H,17,21). The van der Waals surface area contributed by atoms with Crippen molar-refractivity contribution in [3.05, 3.63) is 24.3 Å². The van der Waals surface area contributed by atoms with Crippen LogP contribution in [-0.2, 0) is 7.05 Å². The highest BCUT2D eigenvalue weighted by Crippen LogP contribution is 2.39. The molecule has 4 rings (SSSR count). The number of nitrogens with zero attached hydrogens (tertiary/aromatic N) is 3. The number of anilines is 1. The Morgan fingerprint density at radius 1 is 1.19 bits per heavy atom. The molecule has 2 aromatic rings. The molecule has 2 aliphatic rings. The van der Waals surface area contributed by atoms with Crippen molar-refractivity contribution in [3.8, 4) is 0 Å². The lowest BCUT2D eigenvalue weighted by molar-refractivity contribution is 0.247. The average Bonchev–Trinajstić information content (AvgIpc) is 2.99. The molecule has 5 heteroatoms. The Kier molecular flexibility index (Phi) is 2.71. The third-order valence-electron chi connectivity index (χ3n) is 4.99. The van der Waals surface area contributed by atoms with Gasteiger partial charge < -0.3 is 9.88 Å². The van der Waals surface area contributed by atoms with Gasteiger partial charge in [0.05, 0.1) is 16.6 Å². The van der Waals surface area contributed by atoms with E-state index in [2.05, 4.69) is 5.32 Å². The van der Waals surface area contributed by atoms with Gasteiger partial charge in [-0.05, 0) is 25.0 Å². The molecule has 0 bridgehead atoms. The van der Waals surface area contributed by atoms with E-state index in [0.29, 0.717) is 0 Å². The van der Waals surface area contributed by atoms with Crippen LogP contribution < -0.4 is 10.2 Å². The first-order chi connectivity index (χ1) is 10.2. The average molecular weight is 284 g/mol. The van der Waals surface area contributed by atoms with Crippen LogP contribution in [0.2, 0.25) is 0 Å². The number of hydrogen-bond acceptors (Lipinski definition) is 2. The SMILES string of the molecule is Cn1c(N2C(=O)NCC23CCCCC3)nc2ccccc21. The molecular formula is C16H20N4O. The van der Waals surface area contributed by atoms with E-state index < -0.39 is 0 Å². The van der Waals surface area contributed by atoms with Gasteiger partial charge in [-0.3, -0.25) is 4.90 Å². The summed E-state index contributed by atoms with van der Waals surface area (Å²) >= 11 is 0. The summed E-state index contributed by atoms with van der Waals surface area (Å²) in [6.07, 6.45) is 5.78. The Morgan fingerprint density at radius 2 is 1.95 bits per heavy atom. The number of urea groups is 1. The second kappa shape index (κ2) is 4.48. The van der Waals surface area contributed by atoms with E-state index in [0.717, 1.165) is 36.4 Å². The molecule has 0 radical (unpaired) electrons. The van der Waals surface area contributed by atoms with Crippen LogP contribution in [0.3, 0.4) is 0 Å². The summed E-state index contributed by atoms with van der Waals surface area (Å²) in [5.74, 6) is 0.771. The lowest BCUT2D eigenvalue weighted by Gasteiger charge is -2.39. The minimum Gasteiger partial charge on any atom is -0.335 e. The van der Waals surface area contributed by atoms with Gasteiger partial charge in [-0.15, -0.1) is 0 Å². The van der Waals surface area contributed by atoms with Crippen molar-refractivity contribution < 1.29 is 4.79 Å². The first-order valence-electron chi connectivity index (χ1n) is 7.71. The number of carbonyl (C=O) groups is 1. The molecule has 0 atom stereocenters. The van der Waals surface area contributed by atoms with E-state index in [4.69, 9.17) is 4.98 Å². The summed E-state index contributed by atoms with van der Waals surface area (Å²) < 4.78 is 2.04. The zero-order chi connectivity index (χ0) is 14.4. The van der Waals surface area contributed by atoms with Gasteiger partial charge in [-0.2, -0.15) is 0 Å². The molecule has 1 aromatic heterocycles. The van der Waals surface area contributed by atoms with Gasteiger partial charge in [-0.1, -0.05) is 31.4 Å². The molecule has 1 aliphatic carbocycles. The number of hydrogen-bond donors (Lipinski definition) is 1. The van der Waals surface area contributed by atoms with Crippen LogP contribution in [0.1, 0.15) is 32.1 Å². The first-order valence-corrected chi connectivity index (χ1v) is 7.71. The van der Waals surface area contributed by atoms with Crippen molar-refractivity contribution in [1.82, 2.24) is 14.9 Å². The lowest BCUT2D eigenvalue weighted by atomic mass is 9.81. The Morgan fingerprint density at radius 3 is 2.71 bits per heavy atom. The first kappa shape index (κ1) is 12.7. The number of amides is 2. The monoisotopic (exact) mass is 284 g/mol. The van der Waals surface area contributed by atoms with Gasteiger partial charge >= 0.3 is 6.03 Å². The van der Waals surface area contributed by atoms with Crippen LogP contribution in [0, 0.1) is 0 Å². The van der Waals surface area contributed by atoms with Crippen LogP contribution in [-0.4, -0.2) is 27.7 Å². The number of fused-ring (bicyclic) bond motifs is 1. The number of para-hydroxylation sites is 2. The number of nitrogens with one attached hydrogen (secondary N) is 1. The van der Waals surface area contributed by atoms with Gasteiger partial charge in [0.25, 0.3) is 0 Å². The molecular weight excluding hydrogens is 264 g/mol. The molecule has 1 aromatic carbocycles. The molecule has 110 valence electrons. The van der Waals surface area contributed by atoms with Gasteiger partial charge in [0.15, 0.2) is 0 Å². The fourth-order valence-electron chi connectivity index (χ4n) is 3.86. The van der Waals surface area contributed by atoms with E-state index in [-0.39, 0.29) is 11.6 Å². The fraction of sp³-hybridized carbons (Fsp3) is 0.500. The Bertz CT molecular complexity index is 699. The molecule has 1 N–H and O–H groups in total. The molecule has 21 heavy (non-hydrogen) atoms.